The molecule has 2 rings (SSSR count). The van der Waals surface area contributed by atoms with Crippen molar-refractivity contribution in [3.8, 4) is 0 Å². The molecule has 0 fully saturated rings. The number of hydroxylamine groups is 2. The predicted molar refractivity (Wildman–Crippen MR) is 76.0 cm³/mol. The molecule has 1 N–H and O–H groups in total. The molecule has 20 heavy (non-hydrogen) atoms. The Morgan fingerprint density at radius 2 is 2.00 bits per heavy atom. The van der Waals surface area contributed by atoms with Gasteiger partial charge in [0.2, 0.25) is 0 Å². The Bertz CT molecular complexity index is 522. The highest BCUT2D eigenvalue weighted by Crippen LogP contribution is 2.19. The van der Waals surface area contributed by atoms with Crippen LogP contribution in [0.3, 0.4) is 0 Å². The van der Waals surface area contributed by atoms with Crippen molar-refractivity contribution in [2.45, 2.75) is 12.6 Å². The van der Waals surface area contributed by atoms with Crippen molar-refractivity contribution in [3.63, 3.8) is 0 Å². The molecule has 0 heterocycles. The Kier molecular flexibility index (Phi) is 4.74. The van der Waals surface area contributed by atoms with Crippen molar-refractivity contribution in [2.24, 2.45) is 5.92 Å². The minimum absolute atomic E-state index is 0.127. The van der Waals surface area contributed by atoms with Gasteiger partial charge in [-0.1, -0.05) is 60.7 Å². The third kappa shape index (κ3) is 3.36. The lowest BCUT2D eigenvalue weighted by atomic mass is 9.95. The first kappa shape index (κ1) is 14.1. The van der Waals surface area contributed by atoms with E-state index in [0.717, 1.165) is 5.56 Å². The molecular weight excluding hydrogens is 254 g/mol. The van der Waals surface area contributed by atoms with Gasteiger partial charge in [0.25, 0.3) is 0 Å². The lowest BCUT2D eigenvalue weighted by Gasteiger charge is -2.28. The minimum atomic E-state index is -0.773. The van der Waals surface area contributed by atoms with E-state index in [1.165, 1.54) is 0 Å². The molecule has 0 saturated carbocycles. The Morgan fingerprint density at radius 3 is 2.70 bits per heavy atom. The molecule has 0 spiro atoms. The fraction of sp³-hybridized carbons (Fsp3) is 0.188. The van der Waals surface area contributed by atoms with Gasteiger partial charge in [-0.2, -0.15) is 5.06 Å². The maximum atomic E-state index is 11.8. The summed E-state index contributed by atoms with van der Waals surface area (Å²) in [5.41, 5.74) is 0.869. The van der Waals surface area contributed by atoms with Crippen molar-refractivity contribution >= 4 is 6.09 Å². The molecule has 1 aromatic rings. The summed E-state index contributed by atoms with van der Waals surface area (Å²) in [4.78, 5) is 11.8. The van der Waals surface area contributed by atoms with E-state index in [2.05, 4.69) is 6.58 Å². The van der Waals surface area contributed by atoms with Gasteiger partial charge in [0.15, 0.2) is 0 Å². The number of benzene rings is 1. The second-order valence-electron chi connectivity index (χ2n) is 4.46. The number of hydrogen-bond acceptors (Lipinski definition) is 3. The maximum Gasteiger partial charge on any atom is 0.434 e. The number of carbonyl (C=O) groups excluding carboxylic acids is 1. The summed E-state index contributed by atoms with van der Waals surface area (Å²) in [6.07, 6.45) is 8.13. The monoisotopic (exact) mass is 271 g/mol. The maximum absolute atomic E-state index is 11.8. The summed E-state index contributed by atoms with van der Waals surface area (Å²) in [6, 6.07) is 8.83. The average Bonchev–Trinajstić information content (AvgIpc) is 2.52. The fourth-order valence-electron chi connectivity index (χ4n) is 1.98. The van der Waals surface area contributed by atoms with Crippen LogP contribution in [0.1, 0.15) is 5.56 Å². The number of ether oxygens (including phenoxy) is 1. The molecule has 0 aromatic heterocycles. The molecular formula is C16H17NO3. The molecule has 1 aliphatic carbocycles. The summed E-state index contributed by atoms with van der Waals surface area (Å²) in [6.45, 7) is 3.82. The number of allylic oxidation sites excluding steroid dienone is 2. The van der Waals surface area contributed by atoms with Gasteiger partial charge in [0, 0.05) is 5.92 Å². The van der Waals surface area contributed by atoms with Gasteiger partial charge in [-0.15, -0.1) is 6.58 Å². The smallest absolute Gasteiger partial charge is 0.434 e. The number of carbonyl (C=O) groups is 1. The van der Waals surface area contributed by atoms with Gasteiger partial charge < -0.3 is 4.74 Å². The van der Waals surface area contributed by atoms with E-state index < -0.39 is 12.1 Å². The van der Waals surface area contributed by atoms with Crippen molar-refractivity contribution in [1.29, 1.82) is 0 Å². The first-order chi connectivity index (χ1) is 9.72. The van der Waals surface area contributed by atoms with Crippen molar-refractivity contribution < 1.29 is 14.7 Å². The summed E-state index contributed by atoms with van der Waals surface area (Å²) < 4.78 is 5.08. The normalized spacial score (nSPS) is 20.4. The molecule has 1 aromatic carbocycles. The Morgan fingerprint density at radius 1 is 1.30 bits per heavy atom. The van der Waals surface area contributed by atoms with Crippen LogP contribution in [-0.4, -0.2) is 22.4 Å². The van der Waals surface area contributed by atoms with Gasteiger partial charge >= 0.3 is 6.09 Å². The molecule has 0 unspecified atom stereocenters. The number of nitrogens with zero attached hydrogens (tertiary/aromatic N) is 1. The van der Waals surface area contributed by atoms with Crippen LogP contribution < -0.4 is 0 Å². The van der Waals surface area contributed by atoms with Gasteiger partial charge in [0.1, 0.15) is 6.61 Å². The van der Waals surface area contributed by atoms with Gasteiger partial charge in [-0.25, -0.2) is 4.79 Å². The average molecular weight is 271 g/mol. The third-order valence-corrected chi connectivity index (χ3v) is 3.09. The summed E-state index contributed by atoms with van der Waals surface area (Å²) in [7, 11) is 0. The molecule has 0 bridgehead atoms. The molecule has 1 amide bonds. The van der Waals surface area contributed by atoms with Crippen LogP contribution in [0.5, 0.6) is 0 Å². The lowest BCUT2D eigenvalue weighted by molar-refractivity contribution is -0.0997. The van der Waals surface area contributed by atoms with Crippen LogP contribution in [0.4, 0.5) is 4.79 Å². The lowest BCUT2D eigenvalue weighted by Crippen LogP contribution is -2.41. The second kappa shape index (κ2) is 6.73. The zero-order valence-electron chi connectivity index (χ0n) is 11.1. The van der Waals surface area contributed by atoms with E-state index in [1.54, 1.807) is 18.2 Å². The Labute approximate surface area is 118 Å². The van der Waals surface area contributed by atoms with Crippen LogP contribution in [0.15, 0.2) is 67.3 Å². The van der Waals surface area contributed by atoms with E-state index in [1.807, 2.05) is 42.5 Å². The van der Waals surface area contributed by atoms with E-state index in [-0.39, 0.29) is 12.5 Å². The largest absolute Gasteiger partial charge is 0.443 e. The third-order valence-electron chi connectivity index (χ3n) is 3.09. The molecule has 4 heteroatoms. The quantitative estimate of drug-likeness (QED) is 0.519. The second-order valence-corrected chi connectivity index (χ2v) is 4.46. The van der Waals surface area contributed by atoms with Crippen LogP contribution in [0.2, 0.25) is 0 Å². The molecule has 2 atom stereocenters. The molecule has 104 valence electrons. The Hall–Kier alpha value is -2.33. The van der Waals surface area contributed by atoms with E-state index >= 15 is 0 Å². The van der Waals surface area contributed by atoms with Crippen LogP contribution in [-0.2, 0) is 11.3 Å². The Balaban J connectivity index is 1.93. The van der Waals surface area contributed by atoms with Crippen molar-refractivity contribution in [1.82, 2.24) is 5.06 Å². The van der Waals surface area contributed by atoms with Gasteiger partial charge in [-0.05, 0) is 5.56 Å². The van der Waals surface area contributed by atoms with E-state index in [0.29, 0.717) is 5.06 Å². The van der Waals surface area contributed by atoms with Gasteiger partial charge in [-0.3, -0.25) is 5.21 Å². The summed E-state index contributed by atoms with van der Waals surface area (Å²) >= 11 is 0. The first-order valence-electron chi connectivity index (χ1n) is 6.38. The predicted octanol–water partition coefficient (Wildman–Crippen LogP) is 3.31. The SMILES string of the molecule is C=C[C@@H]1C=CC=C[C@H]1N(O)C(=O)OCc1ccccc1. The number of rotatable bonds is 4. The highest BCUT2D eigenvalue weighted by molar-refractivity contribution is 5.67. The molecule has 1 aliphatic rings. The highest BCUT2D eigenvalue weighted by atomic mass is 16.6. The molecule has 0 aliphatic heterocycles. The zero-order chi connectivity index (χ0) is 14.4. The standard InChI is InChI=1S/C16H17NO3/c1-2-14-10-6-7-11-15(14)17(19)16(18)20-12-13-8-4-3-5-9-13/h2-11,14-15,19H,1,12H2/t14-,15-/m1/s1. The first-order valence-corrected chi connectivity index (χ1v) is 6.38. The molecule has 0 radical (unpaired) electrons. The van der Waals surface area contributed by atoms with Crippen molar-refractivity contribution in [3.05, 3.63) is 72.9 Å². The van der Waals surface area contributed by atoms with Crippen LogP contribution in [0.25, 0.3) is 0 Å². The topological polar surface area (TPSA) is 49.8 Å². The summed E-state index contributed by atoms with van der Waals surface area (Å²) in [5.74, 6) is -0.130. The minimum Gasteiger partial charge on any atom is -0.443 e. The van der Waals surface area contributed by atoms with E-state index in [9.17, 15) is 10.0 Å². The van der Waals surface area contributed by atoms with E-state index in [4.69, 9.17) is 4.74 Å². The van der Waals surface area contributed by atoms with Gasteiger partial charge in [0.05, 0.1) is 6.04 Å². The molecule has 4 nitrogen and oxygen atoms in total. The van der Waals surface area contributed by atoms with Crippen LogP contribution >= 0.6 is 0 Å². The van der Waals surface area contributed by atoms with Crippen molar-refractivity contribution in [2.75, 3.05) is 0 Å². The molecule has 0 saturated heterocycles. The zero-order valence-corrected chi connectivity index (χ0v) is 11.1. The number of hydrogen-bond donors (Lipinski definition) is 1. The summed E-state index contributed by atoms with van der Waals surface area (Å²) in [5, 5.41) is 10.6. The van der Waals surface area contributed by atoms with Crippen LogP contribution in [0, 0.1) is 5.92 Å². The highest BCUT2D eigenvalue weighted by Gasteiger charge is 2.27. The fourth-order valence-corrected chi connectivity index (χ4v) is 1.98. The number of amides is 1.